The van der Waals surface area contributed by atoms with Crippen LogP contribution in [0.15, 0.2) is 18.3 Å². The number of anilines is 1. The van der Waals surface area contributed by atoms with Crippen LogP contribution in [0.2, 0.25) is 0 Å². The number of pyridine rings is 1. The zero-order valence-electron chi connectivity index (χ0n) is 9.80. The third-order valence-corrected chi connectivity index (χ3v) is 3.14. The van der Waals surface area contributed by atoms with Crippen molar-refractivity contribution >= 4 is 11.6 Å². The molecule has 1 aromatic heterocycles. The number of piperidine rings is 1. The molecule has 5 nitrogen and oxygen atoms in total. The lowest BCUT2D eigenvalue weighted by Gasteiger charge is -2.29. The van der Waals surface area contributed by atoms with Gasteiger partial charge in [0.15, 0.2) is 5.78 Å². The molecule has 5 heteroatoms. The van der Waals surface area contributed by atoms with E-state index in [-0.39, 0.29) is 11.8 Å². The Hall–Kier alpha value is -1.46. The first-order chi connectivity index (χ1) is 8.16. The van der Waals surface area contributed by atoms with Gasteiger partial charge in [0, 0.05) is 25.3 Å². The van der Waals surface area contributed by atoms with E-state index in [1.54, 1.807) is 18.3 Å². The highest BCUT2D eigenvalue weighted by atomic mass is 16.1. The Morgan fingerprint density at radius 2 is 2.18 bits per heavy atom. The lowest BCUT2D eigenvalue weighted by atomic mass is 10.0. The third kappa shape index (κ3) is 3.01. The molecule has 1 aliphatic rings. The Morgan fingerprint density at radius 1 is 1.47 bits per heavy atom. The van der Waals surface area contributed by atoms with Gasteiger partial charge in [-0.2, -0.15) is 0 Å². The van der Waals surface area contributed by atoms with Crippen molar-refractivity contribution in [1.29, 1.82) is 0 Å². The standard InChI is InChI=1S/C12H18N4O/c13-9-3-6-16(7-4-9)8-11(17)10-2-1-5-15-12(10)14/h1-2,5,9H,3-4,6-8,13H2,(H2,14,15). The summed E-state index contributed by atoms with van der Waals surface area (Å²) in [6, 6.07) is 3.74. The Labute approximate surface area is 101 Å². The predicted octanol–water partition coefficient (Wildman–Crippen LogP) is 0.270. The maximum absolute atomic E-state index is 12.0. The highest BCUT2D eigenvalue weighted by Gasteiger charge is 2.19. The van der Waals surface area contributed by atoms with Crippen LogP contribution in [0.5, 0.6) is 0 Å². The Kier molecular flexibility index (Phi) is 3.71. The molecule has 92 valence electrons. The minimum Gasteiger partial charge on any atom is -0.383 e. The highest BCUT2D eigenvalue weighted by molar-refractivity contribution is 6.01. The van der Waals surface area contributed by atoms with Crippen LogP contribution < -0.4 is 11.5 Å². The number of hydrogen-bond acceptors (Lipinski definition) is 5. The summed E-state index contributed by atoms with van der Waals surface area (Å²) in [7, 11) is 0. The van der Waals surface area contributed by atoms with E-state index in [1.807, 2.05) is 0 Å². The second-order valence-electron chi connectivity index (χ2n) is 4.47. The number of likely N-dealkylation sites (tertiary alicyclic amines) is 1. The van der Waals surface area contributed by atoms with Crippen LogP contribution in [0, 0.1) is 0 Å². The molecule has 4 N–H and O–H groups in total. The summed E-state index contributed by atoms with van der Waals surface area (Å²) in [6.07, 6.45) is 3.50. The molecule has 0 atom stereocenters. The van der Waals surface area contributed by atoms with Gasteiger partial charge in [-0.05, 0) is 25.0 Å². The molecule has 2 rings (SSSR count). The molecule has 0 amide bonds. The molecule has 0 radical (unpaired) electrons. The number of nitrogen functional groups attached to an aromatic ring is 1. The number of nitrogens with two attached hydrogens (primary N) is 2. The Balaban J connectivity index is 1.96. The number of carbonyl (C=O) groups excluding carboxylic acids is 1. The second-order valence-corrected chi connectivity index (χ2v) is 4.47. The molecule has 2 heterocycles. The van der Waals surface area contributed by atoms with Crippen molar-refractivity contribution in [3.8, 4) is 0 Å². The van der Waals surface area contributed by atoms with E-state index in [2.05, 4.69) is 9.88 Å². The van der Waals surface area contributed by atoms with Gasteiger partial charge in [-0.1, -0.05) is 0 Å². The summed E-state index contributed by atoms with van der Waals surface area (Å²) in [5, 5.41) is 0. The van der Waals surface area contributed by atoms with Crippen LogP contribution >= 0.6 is 0 Å². The van der Waals surface area contributed by atoms with Gasteiger partial charge in [-0.3, -0.25) is 9.69 Å². The van der Waals surface area contributed by atoms with Gasteiger partial charge in [0.2, 0.25) is 0 Å². The highest BCUT2D eigenvalue weighted by Crippen LogP contribution is 2.12. The second kappa shape index (κ2) is 5.25. The first-order valence-electron chi connectivity index (χ1n) is 5.88. The first-order valence-corrected chi connectivity index (χ1v) is 5.88. The SMILES string of the molecule is Nc1ncccc1C(=O)CN1CCC(N)CC1. The van der Waals surface area contributed by atoms with Crippen molar-refractivity contribution in [1.82, 2.24) is 9.88 Å². The Morgan fingerprint density at radius 3 is 2.82 bits per heavy atom. The maximum atomic E-state index is 12.0. The number of hydrogen-bond donors (Lipinski definition) is 2. The molecule has 0 aromatic carbocycles. The summed E-state index contributed by atoms with van der Waals surface area (Å²) >= 11 is 0. The monoisotopic (exact) mass is 234 g/mol. The normalized spacial score (nSPS) is 18.2. The van der Waals surface area contributed by atoms with Crippen LogP contribution in [0.25, 0.3) is 0 Å². The summed E-state index contributed by atoms with van der Waals surface area (Å²) in [6.45, 7) is 2.17. The molecule has 17 heavy (non-hydrogen) atoms. The fraction of sp³-hybridized carbons (Fsp3) is 0.500. The molecule has 0 unspecified atom stereocenters. The van der Waals surface area contributed by atoms with Crippen LogP contribution in [0.3, 0.4) is 0 Å². The molecule has 0 aliphatic carbocycles. The topological polar surface area (TPSA) is 85.2 Å². The molecule has 1 aliphatic heterocycles. The fourth-order valence-electron chi connectivity index (χ4n) is 2.05. The van der Waals surface area contributed by atoms with Gasteiger partial charge in [-0.25, -0.2) is 4.98 Å². The summed E-state index contributed by atoms with van der Waals surface area (Å²) in [5.74, 6) is 0.345. The molecule has 0 spiro atoms. The van der Waals surface area contributed by atoms with Crippen molar-refractivity contribution in [2.24, 2.45) is 5.73 Å². The van der Waals surface area contributed by atoms with Gasteiger partial charge in [0.1, 0.15) is 5.82 Å². The summed E-state index contributed by atoms with van der Waals surface area (Å²) in [4.78, 5) is 18.1. The minimum absolute atomic E-state index is 0.0334. The first kappa shape index (κ1) is 12.0. The van der Waals surface area contributed by atoms with E-state index in [1.165, 1.54) is 0 Å². The number of nitrogens with zero attached hydrogens (tertiary/aromatic N) is 2. The van der Waals surface area contributed by atoms with Crippen molar-refractivity contribution in [3.05, 3.63) is 23.9 Å². The molecule has 1 fully saturated rings. The smallest absolute Gasteiger partial charge is 0.180 e. The summed E-state index contributed by atoms with van der Waals surface area (Å²) in [5.41, 5.74) is 12.0. The quantitative estimate of drug-likeness (QED) is 0.733. The molecule has 1 aromatic rings. The zero-order chi connectivity index (χ0) is 12.3. The minimum atomic E-state index is 0.0334. The fourth-order valence-corrected chi connectivity index (χ4v) is 2.05. The number of aromatic nitrogens is 1. The summed E-state index contributed by atoms with van der Waals surface area (Å²) < 4.78 is 0. The number of Topliss-reactive ketones (excluding diaryl/α,β-unsaturated/α-hetero) is 1. The molecule has 0 bridgehead atoms. The average molecular weight is 234 g/mol. The van der Waals surface area contributed by atoms with Gasteiger partial charge in [-0.15, -0.1) is 0 Å². The van der Waals surface area contributed by atoms with Gasteiger partial charge >= 0.3 is 0 Å². The van der Waals surface area contributed by atoms with Crippen LogP contribution in [-0.4, -0.2) is 41.3 Å². The lowest BCUT2D eigenvalue weighted by molar-refractivity contribution is 0.0910. The third-order valence-electron chi connectivity index (χ3n) is 3.14. The van der Waals surface area contributed by atoms with E-state index in [9.17, 15) is 4.79 Å². The van der Waals surface area contributed by atoms with Gasteiger partial charge in [0.05, 0.1) is 12.1 Å². The molecular weight excluding hydrogens is 216 g/mol. The van der Waals surface area contributed by atoms with E-state index in [0.717, 1.165) is 25.9 Å². The number of carbonyl (C=O) groups is 1. The number of ketones is 1. The lowest BCUT2D eigenvalue weighted by Crippen LogP contribution is -2.42. The largest absolute Gasteiger partial charge is 0.383 e. The molecule has 1 saturated heterocycles. The van der Waals surface area contributed by atoms with E-state index < -0.39 is 0 Å². The van der Waals surface area contributed by atoms with Crippen molar-refractivity contribution in [2.75, 3.05) is 25.4 Å². The Bertz CT molecular complexity index is 399. The predicted molar refractivity (Wildman–Crippen MR) is 66.6 cm³/mol. The van der Waals surface area contributed by atoms with Crippen molar-refractivity contribution in [2.45, 2.75) is 18.9 Å². The van der Waals surface area contributed by atoms with E-state index >= 15 is 0 Å². The molecular formula is C12H18N4O. The van der Waals surface area contributed by atoms with Crippen LogP contribution in [0.1, 0.15) is 23.2 Å². The van der Waals surface area contributed by atoms with Gasteiger partial charge in [0.25, 0.3) is 0 Å². The van der Waals surface area contributed by atoms with Crippen LogP contribution in [0.4, 0.5) is 5.82 Å². The van der Waals surface area contributed by atoms with Crippen molar-refractivity contribution in [3.63, 3.8) is 0 Å². The van der Waals surface area contributed by atoms with Crippen molar-refractivity contribution < 1.29 is 4.79 Å². The number of rotatable bonds is 3. The average Bonchev–Trinajstić information content (AvgIpc) is 2.32. The van der Waals surface area contributed by atoms with Crippen LogP contribution in [-0.2, 0) is 0 Å². The van der Waals surface area contributed by atoms with E-state index in [0.29, 0.717) is 17.9 Å². The van der Waals surface area contributed by atoms with Gasteiger partial charge < -0.3 is 11.5 Å². The zero-order valence-corrected chi connectivity index (χ0v) is 9.80. The maximum Gasteiger partial charge on any atom is 0.180 e. The van der Waals surface area contributed by atoms with E-state index in [4.69, 9.17) is 11.5 Å². The molecule has 0 saturated carbocycles.